The molecule has 0 bridgehead atoms. The van der Waals surface area contributed by atoms with Crippen LogP contribution < -0.4 is 5.32 Å². The van der Waals surface area contributed by atoms with E-state index < -0.39 is 0 Å². The SMILES string of the molecule is CC(=O)NCc1ccc2nc(-c3ccc(Br)cc3)cn2c1. The van der Waals surface area contributed by atoms with Crippen LogP contribution in [0.1, 0.15) is 12.5 Å². The highest BCUT2D eigenvalue weighted by Gasteiger charge is 2.05. The molecule has 0 aliphatic heterocycles. The Bertz CT molecular complexity index is 793. The summed E-state index contributed by atoms with van der Waals surface area (Å²) >= 11 is 3.43. The van der Waals surface area contributed by atoms with Gasteiger partial charge in [0.25, 0.3) is 0 Å². The zero-order valence-electron chi connectivity index (χ0n) is 11.5. The number of nitrogens with zero attached hydrogens (tertiary/aromatic N) is 2. The molecule has 1 aromatic carbocycles. The van der Waals surface area contributed by atoms with E-state index in [0.717, 1.165) is 26.9 Å². The van der Waals surface area contributed by atoms with E-state index in [-0.39, 0.29) is 5.91 Å². The fourth-order valence-corrected chi connectivity index (χ4v) is 2.39. The number of hydrogen-bond donors (Lipinski definition) is 1. The zero-order chi connectivity index (χ0) is 14.8. The first-order chi connectivity index (χ1) is 10.1. The number of nitrogens with one attached hydrogen (secondary N) is 1. The van der Waals surface area contributed by atoms with Crippen LogP contribution in [0, 0.1) is 0 Å². The van der Waals surface area contributed by atoms with Crippen molar-refractivity contribution in [2.24, 2.45) is 0 Å². The Hall–Kier alpha value is -2.14. The molecule has 0 atom stereocenters. The standard InChI is InChI=1S/C16H14BrN3O/c1-11(21)18-8-12-2-7-16-19-15(10-20(16)9-12)13-3-5-14(17)6-4-13/h2-7,9-10H,8H2,1H3,(H,18,21). The fourth-order valence-electron chi connectivity index (χ4n) is 2.13. The average molecular weight is 344 g/mol. The second-order valence-corrected chi connectivity index (χ2v) is 5.76. The zero-order valence-corrected chi connectivity index (χ0v) is 13.1. The Morgan fingerprint density at radius 2 is 1.95 bits per heavy atom. The van der Waals surface area contributed by atoms with Crippen molar-refractivity contribution < 1.29 is 4.79 Å². The molecule has 0 saturated heterocycles. The van der Waals surface area contributed by atoms with Crippen molar-refractivity contribution in [1.29, 1.82) is 0 Å². The van der Waals surface area contributed by atoms with Crippen molar-refractivity contribution >= 4 is 27.5 Å². The second kappa shape index (κ2) is 5.69. The predicted octanol–water partition coefficient (Wildman–Crippen LogP) is 3.40. The first kappa shape index (κ1) is 13.8. The van der Waals surface area contributed by atoms with Crippen LogP contribution in [0.5, 0.6) is 0 Å². The summed E-state index contributed by atoms with van der Waals surface area (Å²) in [5.41, 5.74) is 3.93. The van der Waals surface area contributed by atoms with E-state index in [9.17, 15) is 4.79 Å². The van der Waals surface area contributed by atoms with Gasteiger partial charge in [-0.05, 0) is 23.8 Å². The smallest absolute Gasteiger partial charge is 0.217 e. The van der Waals surface area contributed by atoms with Crippen molar-refractivity contribution in [2.75, 3.05) is 0 Å². The van der Waals surface area contributed by atoms with Gasteiger partial charge in [0, 0.05) is 35.9 Å². The van der Waals surface area contributed by atoms with E-state index in [0.29, 0.717) is 6.54 Å². The predicted molar refractivity (Wildman–Crippen MR) is 85.8 cm³/mol. The lowest BCUT2D eigenvalue weighted by Crippen LogP contribution is -2.19. The van der Waals surface area contributed by atoms with E-state index >= 15 is 0 Å². The van der Waals surface area contributed by atoms with Crippen molar-refractivity contribution in [3.8, 4) is 11.3 Å². The van der Waals surface area contributed by atoms with Crippen molar-refractivity contribution in [3.63, 3.8) is 0 Å². The van der Waals surface area contributed by atoms with Gasteiger partial charge in [0.05, 0.1) is 5.69 Å². The molecule has 0 aliphatic rings. The molecule has 21 heavy (non-hydrogen) atoms. The summed E-state index contributed by atoms with van der Waals surface area (Å²) in [5, 5.41) is 2.79. The lowest BCUT2D eigenvalue weighted by atomic mass is 10.2. The minimum absolute atomic E-state index is 0.0312. The molecule has 1 N–H and O–H groups in total. The van der Waals surface area contributed by atoms with Gasteiger partial charge in [-0.3, -0.25) is 4.79 Å². The molecule has 4 nitrogen and oxygen atoms in total. The summed E-state index contributed by atoms with van der Waals surface area (Å²) in [6, 6.07) is 12.0. The van der Waals surface area contributed by atoms with Gasteiger partial charge >= 0.3 is 0 Å². The maximum atomic E-state index is 11.0. The third-order valence-corrected chi connectivity index (χ3v) is 3.72. The van der Waals surface area contributed by atoms with Crippen molar-refractivity contribution in [1.82, 2.24) is 14.7 Å². The number of amides is 1. The molecule has 0 saturated carbocycles. The normalized spacial score (nSPS) is 10.8. The van der Waals surface area contributed by atoms with Gasteiger partial charge in [-0.2, -0.15) is 0 Å². The van der Waals surface area contributed by atoms with Gasteiger partial charge in [0.2, 0.25) is 5.91 Å². The fraction of sp³-hybridized carbons (Fsp3) is 0.125. The molecule has 3 aromatic rings. The third-order valence-electron chi connectivity index (χ3n) is 3.19. The molecule has 3 rings (SSSR count). The third kappa shape index (κ3) is 3.13. The number of carbonyl (C=O) groups is 1. The molecular formula is C16H14BrN3O. The first-order valence-electron chi connectivity index (χ1n) is 6.60. The maximum absolute atomic E-state index is 11.0. The van der Waals surface area contributed by atoms with Gasteiger partial charge < -0.3 is 9.72 Å². The lowest BCUT2D eigenvalue weighted by molar-refractivity contribution is -0.119. The molecule has 106 valence electrons. The number of rotatable bonds is 3. The van der Waals surface area contributed by atoms with E-state index in [1.807, 2.05) is 53.2 Å². The lowest BCUT2D eigenvalue weighted by Gasteiger charge is -2.02. The van der Waals surface area contributed by atoms with Crippen molar-refractivity contribution in [2.45, 2.75) is 13.5 Å². The highest BCUT2D eigenvalue weighted by atomic mass is 79.9. The minimum atomic E-state index is -0.0312. The molecule has 1 amide bonds. The molecule has 2 aromatic heterocycles. The Morgan fingerprint density at radius 1 is 1.19 bits per heavy atom. The molecule has 0 fully saturated rings. The van der Waals surface area contributed by atoms with Gasteiger partial charge in [-0.1, -0.05) is 34.1 Å². The summed E-state index contributed by atoms with van der Waals surface area (Å²) in [5.74, 6) is -0.0312. The summed E-state index contributed by atoms with van der Waals surface area (Å²) in [7, 11) is 0. The average Bonchev–Trinajstić information content (AvgIpc) is 2.88. The molecule has 0 unspecified atom stereocenters. The number of carbonyl (C=O) groups excluding carboxylic acids is 1. The van der Waals surface area contributed by atoms with E-state index in [2.05, 4.69) is 26.2 Å². The molecule has 0 aliphatic carbocycles. The Morgan fingerprint density at radius 3 is 2.67 bits per heavy atom. The summed E-state index contributed by atoms with van der Waals surface area (Å²) in [4.78, 5) is 15.6. The van der Waals surface area contributed by atoms with Crippen LogP contribution in [-0.2, 0) is 11.3 Å². The topological polar surface area (TPSA) is 46.4 Å². The number of fused-ring (bicyclic) bond motifs is 1. The van der Waals surface area contributed by atoms with E-state index in [1.165, 1.54) is 6.92 Å². The number of benzene rings is 1. The highest BCUT2D eigenvalue weighted by Crippen LogP contribution is 2.21. The number of halogens is 1. The number of imidazole rings is 1. The summed E-state index contributed by atoms with van der Waals surface area (Å²) < 4.78 is 3.03. The Balaban J connectivity index is 1.92. The molecule has 2 heterocycles. The Kier molecular flexibility index (Phi) is 3.75. The van der Waals surface area contributed by atoms with Crippen LogP contribution in [-0.4, -0.2) is 15.3 Å². The van der Waals surface area contributed by atoms with Gasteiger partial charge in [0.1, 0.15) is 5.65 Å². The number of pyridine rings is 1. The summed E-state index contributed by atoms with van der Waals surface area (Å²) in [6.45, 7) is 2.04. The van der Waals surface area contributed by atoms with Gasteiger partial charge in [0.15, 0.2) is 0 Å². The number of aromatic nitrogens is 2. The molecule has 0 radical (unpaired) electrons. The Labute approximate surface area is 131 Å². The maximum Gasteiger partial charge on any atom is 0.217 e. The first-order valence-corrected chi connectivity index (χ1v) is 7.39. The van der Waals surface area contributed by atoms with Crippen molar-refractivity contribution in [3.05, 3.63) is 58.8 Å². The minimum Gasteiger partial charge on any atom is -0.352 e. The van der Waals surface area contributed by atoms with Crippen LogP contribution in [0.25, 0.3) is 16.9 Å². The highest BCUT2D eigenvalue weighted by molar-refractivity contribution is 9.10. The van der Waals surface area contributed by atoms with Crippen LogP contribution >= 0.6 is 15.9 Å². The monoisotopic (exact) mass is 343 g/mol. The van der Waals surface area contributed by atoms with Crippen LogP contribution in [0.3, 0.4) is 0 Å². The molecule has 5 heteroatoms. The van der Waals surface area contributed by atoms with Crippen LogP contribution in [0.4, 0.5) is 0 Å². The largest absolute Gasteiger partial charge is 0.352 e. The summed E-state index contributed by atoms with van der Waals surface area (Å²) in [6.07, 6.45) is 3.98. The second-order valence-electron chi connectivity index (χ2n) is 4.85. The molecular weight excluding hydrogens is 330 g/mol. The van der Waals surface area contributed by atoms with Crippen LogP contribution in [0.15, 0.2) is 53.3 Å². The van der Waals surface area contributed by atoms with E-state index in [4.69, 9.17) is 0 Å². The van der Waals surface area contributed by atoms with Crippen LogP contribution in [0.2, 0.25) is 0 Å². The van der Waals surface area contributed by atoms with E-state index in [1.54, 1.807) is 0 Å². The quantitative estimate of drug-likeness (QED) is 0.792. The number of hydrogen-bond acceptors (Lipinski definition) is 2. The van der Waals surface area contributed by atoms with Gasteiger partial charge in [-0.15, -0.1) is 0 Å². The molecule has 0 spiro atoms. The van der Waals surface area contributed by atoms with Gasteiger partial charge in [-0.25, -0.2) is 4.98 Å².